The van der Waals surface area contributed by atoms with Gasteiger partial charge in [-0.25, -0.2) is 9.59 Å². The summed E-state index contributed by atoms with van der Waals surface area (Å²) in [5.41, 5.74) is 0.0124. The molecule has 0 unspecified atom stereocenters. The highest BCUT2D eigenvalue weighted by Gasteiger charge is 2.21. The SMILES string of the molecule is C[C@@H](OC(=O)/C=C/c1ccc(OC(F)F)cc1)C(=O)NC(=O)NC(C)(C)C. The van der Waals surface area contributed by atoms with E-state index in [2.05, 4.69) is 15.4 Å². The molecule has 148 valence electrons. The zero-order chi connectivity index (χ0) is 20.6. The molecule has 0 saturated heterocycles. The van der Waals surface area contributed by atoms with E-state index in [1.54, 1.807) is 20.8 Å². The van der Waals surface area contributed by atoms with Crippen LogP contribution >= 0.6 is 0 Å². The van der Waals surface area contributed by atoms with Crippen molar-refractivity contribution in [1.29, 1.82) is 0 Å². The van der Waals surface area contributed by atoms with E-state index < -0.39 is 36.2 Å². The van der Waals surface area contributed by atoms with Crippen molar-refractivity contribution in [2.75, 3.05) is 0 Å². The topological polar surface area (TPSA) is 93.7 Å². The zero-order valence-electron chi connectivity index (χ0n) is 15.4. The van der Waals surface area contributed by atoms with Gasteiger partial charge in [-0.1, -0.05) is 12.1 Å². The van der Waals surface area contributed by atoms with E-state index in [-0.39, 0.29) is 5.75 Å². The molecule has 9 heteroatoms. The number of halogens is 2. The Morgan fingerprint density at radius 1 is 1.11 bits per heavy atom. The van der Waals surface area contributed by atoms with E-state index in [4.69, 9.17) is 4.74 Å². The lowest BCUT2D eigenvalue weighted by molar-refractivity contribution is -0.149. The number of ether oxygens (including phenoxy) is 2. The molecule has 3 amide bonds. The standard InChI is InChI=1S/C18H22F2N2O5/c1-11(15(24)21-17(25)22-18(2,3)4)26-14(23)10-7-12-5-8-13(9-6-12)27-16(19)20/h5-11,16H,1-4H3,(H2,21,22,24,25)/b10-7+/t11-/m1/s1. The van der Waals surface area contributed by atoms with Crippen LogP contribution in [0.2, 0.25) is 0 Å². The largest absolute Gasteiger partial charge is 0.449 e. The molecule has 0 aliphatic heterocycles. The Hall–Kier alpha value is -2.97. The normalized spacial score (nSPS) is 12.6. The molecule has 0 fully saturated rings. The highest BCUT2D eigenvalue weighted by atomic mass is 19.3. The predicted molar refractivity (Wildman–Crippen MR) is 94.1 cm³/mol. The van der Waals surface area contributed by atoms with Gasteiger partial charge in [0, 0.05) is 11.6 Å². The number of carbonyl (C=O) groups excluding carboxylic acids is 3. The van der Waals surface area contributed by atoms with Gasteiger partial charge in [0.05, 0.1) is 0 Å². The van der Waals surface area contributed by atoms with Crippen LogP contribution in [-0.4, -0.2) is 36.2 Å². The molecule has 0 aliphatic rings. The van der Waals surface area contributed by atoms with Crippen LogP contribution < -0.4 is 15.4 Å². The third-order valence-corrected chi connectivity index (χ3v) is 2.90. The summed E-state index contributed by atoms with van der Waals surface area (Å²) in [4.78, 5) is 35.2. The summed E-state index contributed by atoms with van der Waals surface area (Å²) in [6.45, 7) is 3.65. The Morgan fingerprint density at radius 3 is 2.22 bits per heavy atom. The van der Waals surface area contributed by atoms with Gasteiger partial charge in [0.15, 0.2) is 6.10 Å². The number of alkyl halides is 2. The van der Waals surface area contributed by atoms with Crippen molar-refractivity contribution in [3.05, 3.63) is 35.9 Å². The maximum Gasteiger partial charge on any atom is 0.387 e. The summed E-state index contributed by atoms with van der Waals surface area (Å²) >= 11 is 0. The molecule has 0 bridgehead atoms. The number of hydrogen-bond donors (Lipinski definition) is 2. The second-order valence-electron chi connectivity index (χ2n) is 6.55. The van der Waals surface area contributed by atoms with Crippen LogP contribution in [0.4, 0.5) is 13.6 Å². The average molecular weight is 384 g/mol. The van der Waals surface area contributed by atoms with Gasteiger partial charge < -0.3 is 14.8 Å². The van der Waals surface area contributed by atoms with E-state index in [0.29, 0.717) is 5.56 Å². The lowest BCUT2D eigenvalue weighted by atomic mass is 10.1. The van der Waals surface area contributed by atoms with Crippen molar-refractivity contribution >= 4 is 24.0 Å². The van der Waals surface area contributed by atoms with Gasteiger partial charge in [-0.05, 0) is 51.5 Å². The molecule has 1 aromatic carbocycles. The molecule has 1 aromatic rings. The van der Waals surface area contributed by atoms with Crippen molar-refractivity contribution in [3.8, 4) is 5.75 Å². The maximum absolute atomic E-state index is 12.1. The number of esters is 1. The fourth-order valence-electron chi connectivity index (χ4n) is 1.78. The van der Waals surface area contributed by atoms with E-state index in [1.165, 1.54) is 37.3 Å². The Labute approximate surface area is 155 Å². The van der Waals surface area contributed by atoms with Crippen LogP contribution in [0.5, 0.6) is 5.75 Å². The fourth-order valence-corrected chi connectivity index (χ4v) is 1.78. The summed E-state index contributed by atoms with van der Waals surface area (Å²) in [6.07, 6.45) is 1.27. The van der Waals surface area contributed by atoms with Crippen LogP contribution in [-0.2, 0) is 14.3 Å². The first-order chi connectivity index (χ1) is 12.5. The van der Waals surface area contributed by atoms with E-state index >= 15 is 0 Å². The van der Waals surface area contributed by atoms with Crippen LogP contribution in [0.15, 0.2) is 30.3 Å². The number of hydrogen-bond acceptors (Lipinski definition) is 5. The van der Waals surface area contributed by atoms with Gasteiger partial charge in [-0.3, -0.25) is 10.1 Å². The number of amides is 3. The zero-order valence-corrected chi connectivity index (χ0v) is 15.4. The van der Waals surface area contributed by atoms with E-state index in [1.807, 2.05) is 0 Å². The molecular formula is C18H22F2N2O5. The Kier molecular flexibility index (Phi) is 7.89. The van der Waals surface area contributed by atoms with Crippen molar-refractivity contribution in [1.82, 2.24) is 10.6 Å². The summed E-state index contributed by atoms with van der Waals surface area (Å²) < 4.78 is 33.2. The number of nitrogens with one attached hydrogen (secondary N) is 2. The van der Waals surface area contributed by atoms with Crippen LogP contribution in [0.25, 0.3) is 6.08 Å². The molecule has 0 radical (unpaired) electrons. The molecule has 0 aromatic heterocycles. The van der Waals surface area contributed by atoms with Crippen molar-refractivity contribution in [2.45, 2.75) is 45.9 Å². The molecule has 2 N–H and O–H groups in total. The third-order valence-electron chi connectivity index (χ3n) is 2.90. The Bertz CT molecular complexity index is 697. The number of carbonyl (C=O) groups is 3. The summed E-state index contributed by atoms with van der Waals surface area (Å²) in [6, 6.07) is 4.88. The molecule has 27 heavy (non-hydrogen) atoms. The van der Waals surface area contributed by atoms with Crippen LogP contribution in [0.1, 0.15) is 33.3 Å². The second-order valence-corrected chi connectivity index (χ2v) is 6.55. The fraction of sp³-hybridized carbons (Fsp3) is 0.389. The quantitative estimate of drug-likeness (QED) is 0.581. The minimum Gasteiger partial charge on any atom is -0.449 e. The number of urea groups is 1. The lowest BCUT2D eigenvalue weighted by Gasteiger charge is -2.21. The van der Waals surface area contributed by atoms with Crippen molar-refractivity contribution in [2.24, 2.45) is 0 Å². The number of rotatable bonds is 6. The minimum absolute atomic E-state index is 0.0106. The molecule has 0 heterocycles. The highest BCUT2D eigenvalue weighted by molar-refractivity contribution is 5.98. The molecule has 1 rings (SSSR count). The Morgan fingerprint density at radius 2 is 1.70 bits per heavy atom. The Balaban J connectivity index is 2.51. The van der Waals surface area contributed by atoms with Crippen molar-refractivity contribution < 1.29 is 32.6 Å². The summed E-state index contributed by atoms with van der Waals surface area (Å²) in [5, 5.41) is 4.61. The van der Waals surface area contributed by atoms with Crippen molar-refractivity contribution in [3.63, 3.8) is 0 Å². The average Bonchev–Trinajstić information content (AvgIpc) is 2.51. The minimum atomic E-state index is -2.92. The van der Waals surface area contributed by atoms with E-state index in [0.717, 1.165) is 6.08 Å². The predicted octanol–water partition coefficient (Wildman–Crippen LogP) is 2.86. The molecule has 7 nitrogen and oxygen atoms in total. The van der Waals surface area contributed by atoms with Gasteiger partial charge in [0.25, 0.3) is 5.91 Å². The molecule has 0 saturated carbocycles. The van der Waals surface area contributed by atoms with Gasteiger partial charge in [-0.2, -0.15) is 8.78 Å². The summed E-state index contributed by atoms with van der Waals surface area (Å²) in [7, 11) is 0. The molecule has 0 spiro atoms. The third kappa shape index (κ3) is 9.34. The lowest BCUT2D eigenvalue weighted by Crippen LogP contribution is -2.50. The second kappa shape index (κ2) is 9.65. The first-order valence-corrected chi connectivity index (χ1v) is 8.03. The molecular weight excluding hydrogens is 362 g/mol. The monoisotopic (exact) mass is 384 g/mol. The van der Waals surface area contributed by atoms with Gasteiger partial charge in [0.2, 0.25) is 0 Å². The first-order valence-electron chi connectivity index (χ1n) is 8.03. The van der Waals surface area contributed by atoms with Gasteiger partial charge >= 0.3 is 18.6 Å². The summed E-state index contributed by atoms with van der Waals surface area (Å²) in [5.74, 6) is -1.59. The van der Waals surface area contributed by atoms with Gasteiger partial charge in [-0.15, -0.1) is 0 Å². The van der Waals surface area contributed by atoms with Crippen LogP contribution in [0.3, 0.4) is 0 Å². The number of imide groups is 1. The molecule has 1 atom stereocenters. The molecule has 0 aliphatic carbocycles. The van der Waals surface area contributed by atoms with E-state index in [9.17, 15) is 23.2 Å². The smallest absolute Gasteiger partial charge is 0.387 e. The highest BCUT2D eigenvalue weighted by Crippen LogP contribution is 2.15. The number of benzene rings is 1. The van der Waals surface area contributed by atoms with Gasteiger partial charge in [0.1, 0.15) is 5.75 Å². The van der Waals surface area contributed by atoms with Crippen LogP contribution in [0, 0.1) is 0 Å². The first kappa shape index (κ1) is 22.1. The maximum atomic E-state index is 12.1.